The number of rotatable bonds is 1. The van der Waals surface area contributed by atoms with E-state index in [4.69, 9.17) is 5.73 Å². The van der Waals surface area contributed by atoms with Gasteiger partial charge in [-0.25, -0.2) is 0 Å². The van der Waals surface area contributed by atoms with Crippen LogP contribution in [0.3, 0.4) is 0 Å². The predicted molar refractivity (Wildman–Crippen MR) is 73.6 cm³/mol. The van der Waals surface area contributed by atoms with Crippen molar-refractivity contribution in [2.75, 3.05) is 18.8 Å². The van der Waals surface area contributed by atoms with E-state index in [1.165, 1.54) is 25.7 Å². The summed E-state index contributed by atoms with van der Waals surface area (Å²) >= 11 is 0. The van der Waals surface area contributed by atoms with E-state index in [1.54, 1.807) is 17.9 Å². The van der Waals surface area contributed by atoms with Crippen LogP contribution >= 0.6 is 0 Å². The maximum atomic E-state index is 12.6. The van der Waals surface area contributed by atoms with Gasteiger partial charge in [0, 0.05) is 20.1 Å². The number of nitrogens with zero attached hydrogens (tertiary/aromatic N) is 3. The van der Waals surface area contributed by atoms with Crippen molar-refractivity contribution in [1.82, 2.24) is 14.7 Å². The number of hydrogen-bond donors (Lipinski definition) is 1. The van der Waals surface area contributed by atoms with Crippen LogP contribution in [0.1, 0.15) is 42.6 Å². The zero-order chi connectivity index (χ0) is 13.4. The molecule has 0 radical (unpaired) electrons. The zero-order valence-corrected chi connectivity index (χ0v) is 11.5. The van der Waals surface area contributed by atoms with E-state index < -0.39 is 0 Å². The van der Waals surface area contributed by atoms with Crippen LogP contribution in [0.25, 0.3) is 0 Å². The third-order valence-corrected chi connectivity index (χ3v) is 4.75. The minimum Gasteiger partial charge on any atom is -0.396 e. The smallest absolute Gasteiger partial charge is 0.274 e. The summed E-state index contributed by atoms with van der Waals surface area (Å²) < 4.78 is 1.59. The number of likely N-dealkylation sites (tertiary alicyclic amines) is 1. The molecule has 2 aliphatic rings. The van der Waals surface area contributed by atoms with Gasteiger partial charge < -0.3 is 10.6 Å². The van der Waals surface area contributed by atoms with Gasteiger partial charge in [0.15, 0.2) is 0 Å². The van der Waals surface area contributed by atoms with Gasteiger partial charge in [-0.15, -0.1) is 0 Å². The van der Waals surface area contributed by atoms with Gasteiger partial charge >= 0.3 is 0 Å². The maximum Gasteiger partial charge on any atom is 0.274 e. The Labute approximate surface area is 113 Å². The Morgan fingerprint density at radius 1 is 1.32 bits per heavy atom. The first kappa shape index (κ1) is 12.5. The number of anilines is 1. The molecule has 1 saturated heterocycles. The third-order valence-electron chi connectivity index (χ3n) is 4.75. The number of nitrogens with two attached hydrogens (primary N) is 1. The maximum absolute atomic E-state index is 12.6. The van der Waals surface area contributed by atoms with Crippen LogP contribution in [0.4, 0.5) is 5.69 Å². The summed E-state index contributed by atoms with van der Waals surface area (Å²) in [5, 5.41) is 4.06. The molecule has 1 amide bonds. The second-order valence-corrected chi connectivity index (χ2v) is 5.92. The van der Waals surface area contributed by atoms with E-state index in [0.717, 1.165) is 25.4 Å². The molecule has 0 bridgehead atoms. The highest BCUT2D eigenvalue weighted by Gasteiger charge is 2.34. The van der Waals surface area contributed by atoms with Crippen molar-refractivity contribution >= 4 is 11.6 Å². The second kappa shape index (κ2) is 4.87. The van der Waals surface area contributed by atoms with Crippen molar-refractivity contribution in [1.29, 1.82) is 0 Å². The first-order valence-electron chi connectivity index (χ1n) is 7.23. The van der Waals surface area contributed by atoms with Crippen LogP contribution in [0, 0.1) is 11.8 Å². The molecular formula is C14H22N4O. The number of nitrogen functional groups attached to an aromatic ring is 1. The molecule has 1 aliphatic carbocycles. The molecule has 0 aromatic carbocycles. The van der Waals surface area contributed by atoms with Crippen LogP contribution in [-0.4, -0.2) is 33.7 Å². The minimum absolute atomic E-state index is 0.0431. The molecule has 104 valence electrons. The number of fused-ring (bicyclic) bond motifs is 1. The number of amides is 1. The quantitative estimate of drug-likeness (QED) is 0.837. The fourth-order valence-corrected chi connectivity index (χ4v) is 3.65. The van der Waals surface area contributed by atoms with Crippen molar-refractivity contribution in [2.45, 2.75) is 32.1 Å². The monoisotopic (exact) mass is 262 g/mol. The molecule has 2 heterocycles. The Morgan fingerprint density at radius 2 is 2.05 bits per heavy atom. The van der Waals surface area contributed by atoms with Crippen molar-refractivity contribution in [3.05, 3.63) is 11.9 Å². The van der Waals surface area contributed by atoms with Gasteiger partial charge in [0.2, 0.25) is 0 Å². The predicted octanol–water partition coefficient (Wildman–Crippen LogP) is 1.65. The van der Waals surface area contributed by atoms with Crippen LogP contribution in [0.5, 0.6) is 0 Å². The summed E-state index contributed by atoms with van der Waals surface area (Å²) in [5.41, 5.74) is 6.87. The lowest BCUT2D eigenvalue weighted by Gasteiger charge is -2.41. The van der Waals surface area contributed by atoms with E-state index in [1.807, 2.05) is 4.90 Å². The SMILES string of the molecule is Cn1ncc(N)c1C(=O)N1CCC2CCCCC2C1. The molecule has 5 nitrogen and oxygen atoms in total. The molecule has 2 atom stereocenters. The number of carbonyl (C=O) groups excluding carboxylic acids is 1. The highest BCUT2D eigenvalue weighted by Crippen LogP contribution is 2.36. The van der Waals surface area contributed by atoms with E-state index in [-0.39, 0.29) is 5.91 Å². The summed E-state index contributed by atoms with van der Waals surface area (Å²) in [6.07, 6.45) is 8.01. The van der Waals surface area contributed by atoms with Crippen LogP contribution in [-0.2, 0) is 7.05 Å². The lowest BCUT2D eigenvalue weighted by atomic mass is 9.75. The molecule has 2 fully saturated rings. The van der Waals surface area contributed by atoms with Crippen LogP contribution < -0.4 is 5.73 Å². The fourth-order valence-electron chi connectivity index (χ4n) is 3.65. The van der Waals surface area contributed by atoms with E-state index in [0.29, 0.717) is 17.3 Å². The molecular weight excluding hydrogens is 240 g/mol. The molecule has 19 heavy (non-hydrogen) atoms. The Kier molecular flexibility index (Phi) is 3.21. The Balaban J connectivity index is 1.74. The number of hydrogen-bond acceptors (Lipinski definition) is 3. The van der Waals surface area contributed by atoms with Crippen LogP contribution in [0.2, 0.25) is 0 Å². The normalized spacial score (nSPS) is 27.1. The van der Waals surface area contributed by atoms with Crippen LogP contribution in [0.15, 0.2) is 6.20 Å². The Morgan fingerprint density at radius 3 is 2.74 bits per heavy atom. The molecule has 0 spiro atoms. The van der Waals surface area contributed by atoms with Crippen molar-refractivity contribution < 1.29 is 4.79 Å². The summed E-state index contributed by atoms with van der Waals surface area (Å²) in [4.78, 5) is 14.5. The Hall–Kier alpha value is -1.52. The van der Waals surface area contributed by atoms with E-state index in [9.17, 15) is 4.79 Å². The largest absolute Gasteiger partial charge is 0.396 e. The number of carbonyl (C=O) groups is 1. The molecule has 1 aliphatic heterocycles. The van der Waals surface area contributed by atoms with Gasteiger partial charge in [0.05, 0.1) is 11.9 Å². The van der Waals surface area contributed by atoms with Crippen molar-refractivity contribution in [2.24, 2.45) is 18.9 Å². The van der Waals surface area contributed by atoms with E-state index >= 15 is 0 Å². The highest BCUT2D eigenvalue weighted by molar-refractivity contribution is 5.97. The number of aryl methyl sites for hydroxylation is 1. The third kappa shape index (κ3) is 2.22. The van der Waals surface area contributed by atoms with Gasteiger partial charge in [-0.2, -0.15) is 5.10 Å². The fraction of sp³-hybridized carbons (Fsp3) is 0.714. The van der Waals surface area contributed by atoms with Gasteiger partial charge in [-0.1, -0.05) is 19.3 Å². The number of piperidine rings is 1. The Bertz CT molecular complexity index is 462. The topological polar surface area (TPSA) is 64.2 Å². The zero-order valence-electron chi connectivity index (χ0n) is 11.5. The first-order valence-corrected chi connectivity index (χ1v) is 7.23. The minimum atomic E-state index is 0.0431. The van der Waals surface area contributed by atoms with Gasteiger partial charge in [0.1, 0.15) is 5.69 Å². The number of aromatic nitrogens is 2. The summed E-state index contributed by atoms with van der Waals surface area (Å²) in [5.74, 6) is 1.57. The standard InChI is InChI=1S/C14H22N4O/c1-17-13(12(15)8-16-17)14(19)18-7-6-10-4-2-3-5-11(10)9-18/h8,10-11H,2-7,9,15H2,1H3. The average molecular weight is 262 g/mol. The lowest BCUT2D eigenvalue weighted by Crippen LogP contribution is -2.45. The lowest BCUT2D eigenvalue weighted by molar-refractivity contribution is 0.0512. The van der Waals surface area contributed by atoms with E-state index in [2.05, 4.69) is 5.10 Å². The molecule has 1 saturated carbocycles. The molecule has 3 rings (SSSR count). The summed E-state index contributed by atoms with van der Waals surface area (Å²) in [6.45, 7) is 1.76. The van der Waals surface area contributed by atoms with Gasteiger partial charge in [-0.05, 0) is 24.7 Å². The molecule has 5 heteroatoms. The van der Waals surface area contributed by atoms with Gasteiger partial charge in [-0.3, -0.25) is 9.48 Å². The highest BCUT2D eigenvalue weighted by atomic mass is 16.2. The van der Waals surface area contributed by atoms with Crippen molar-refractivity contribution in [3.8, 4) is 0 Å². The molecule has 1 aromatic rings. The van der Waals surface area contributed by atoms with Gasteiger partial charge in [0.25, 0.3) is 5.91 Å². The summed E-state index contributed by atoms with van der Waals surface area (Å²) in [7, 11) is 1.77. The first-order chi connectivity index (χ1) is 9.16. The second-order valence-electron chi connectivity index (χ2n) is 5.92. The van der Waals surface area contributed by atoms with Crippen molar-refractivity contribution in [3.63, 3.8) is 0 Å². The molecule has 2 unspecified atom stereocenters. The average Bonchev–Trinajstić information content (AvgIpc) is 2.77. The molecule has 2 N–H and O–H groups in total. The molecule has 1 aromatic heterocycles. The summed E-state index contributed by atoms with van der Waals surface area (Å²) in [6, 6.07) is 0.